The van der Waals surface area contributed by atoms with E-state index in [0.717, 1.165) is 20.6 Å². The lowest BCUT2D eigenvalue weighted by Crippen LogP contribution is -2.01. The summed E-state index contributed by atoms with van der Waals surface area (Å²) in [6, 6.07) is 4.11. The van der Waals surface area contributed by atoms with Crippen LogP contribution in [0.4, 0.5) is 0 Å². The van der Waals surface area contributed by atoms with Crippen LogP contribution in [0.5, 0.6) is 0 Å². The van der Waals surface area contributed by atoms with Crippen molar-refractivity contribution in [3.05, 3.63) is 34.7 Å². The highest BCUT2D eigenvalue weighted by molar-refractivity contribution is 8.15. The molecule has 0 aliphatic carbocycles. The van der Waals surface area contributed by atoms with Gasteiger partial charge < -0.3 is 5.21 Å². The molecule has 3 aromatic heterocycles. The molecule has 0 bridgehead atoms. The molecular formula is C19H21N5OS3. The highest BCUT2D eigenvalue weighted by Gasteiger charge is 2.22. The number of hydrogen-bond donors (Lipinski definition) is 1. The Labute approximate surface area is 177 Å². The van der Waals surface area contributed by atoms with Gasteiger partial charge in [0.05, 0.1) is 11.3 Å². The smallest absolute Gasteiger partial charge is 0.142 e. The van der Waals surface area contributed by atoms with Crippen LogP contribution in [0.15, 0.2) is 22.7 Å². The molecule has 3 rings (SSSR count). The van der Waals surface area contributed by atoms with E-state index in [-0.39, 0.29) is 0 Å². The van der Waals surface area contributed by atoms with Crippen molar-refractivity contribution in [3.63, 3.8) is 0 Å². The summed E-state index contributed by atoms with van der Waals surface area (Å²) >= 11 is 4.89. The zero-order chi connectivity index (χ0) is 20.1. The number of hydrogen-bond acceptors (Lipinski definition) is 8. The number of nitrogens with zero attached hydrogens (tertiary/aromatic N) is 5. The van der Waals surface area contributed by atoms with E-state index < -0.39 is 0 Å². The number of aromatic nitrogens is 4. The quantitative estimate of drug-likeness (QED) is 0.222. The van der Waals surface area contributed by atoms with Gasteiger partial charge in [0.1, 0.15) is 33.3 Å². The summed E-state index contributed by atoms with van der Waals surface area (Å²) in [7, 11) is 0. The lowest BCUT2D eigenvalue weighted by molar-refractivity contribution is 0.183. The molecule has 0 unspecified atom stereocenters. The normalized spacial score (nSPS) is 10.9. The van der Waals surface area contributed by atoms with Gasteiger partial charge in [-0.2, -0.15) is 21.8 Å². The zero-order valence-corrected chi connectivity index (χ0v) is 18.4. The van der Waals surface area contributed by atoms with E-state index in [0.29, 0.717) is 39.1 Å². The fourth-order valence-electron chi connectivity index (χ4n) is 2.75. The van der Waals surface area contributed by atoms with E-state index in [9.17, 15) is 10.5 Å². The maximum atomic E-state index is 10.5. The number of aryl methyl sites for hydroxylation is 2. The Morgan fingerprint density at radius 2 is 2.14 bits per heavy atom. The lowest BCUT2D eigenvalue weighted by atomic mass is 10.1. The summed E-state index contributed by atoms with van der Waals surface area (Å²) in [4.78, 5) is 13.4. The monoisotopic (exact) mass is 431 g/mol. The van der Waals surface area contributed by atoms with Crippen molar-refractivity contribution >= 4 is 34.9 Å². The van der Waals surface area contributed by atoms with Gasteiger partial charge in [0.25, 0.3) is 0 Å². The average molecular weight is 432 g/mol. The maximum Gasteiger partial charge on any atom is 0.142 e. The number of nitriles is 1. The molecule has 3 heterocycles. The molecule has 0 aliphatic rings. The van der Waals surface area contributed by atoms with Gasteiger partial charge in [-0.15, -0.1) is 11.3 Å². The molecule has 0 atom stereocenters. The fraction of sp³-hybridized carbons (Fsp3) is 0.368. The van der Waals surface area contributed by atoms with Crippen molar-refractivity contribution in [1.29, 1.82) is 5.26 Å². The van der Waals surface area contributed by atoms with E-state index in [1.165, 1.54) is 24.2 Å². The third-order valence-corrected chi connectivity index (χ3v) is 7.20. The standard InChI is InChI=1S/C19H21N5OS3/c1-4-5-7-26-11-28-18-15(10-20)14(17-12(2)22-13(3)24(17)25)9-16(23-18)19-21-6-8-27-19/h6,8-9,25H,4-5,7,11H2,1-3H3. The Morgan fingerprint density at radius 3 is 2.75 bits per heavy atom. The van der Waals surface area contributed by atoms with Crippen LogP contribution in [0.1, 0.15) is 36.8 Å². The van der Waals surface area contributed by atoms with Gasteiger partial charge in [0, 0.05) is 22.2 Å². The second-order valence-electron chi connectivity index (χ2n) is 6.11. The number of pyridine rings is 1. The molecule has 0 radical (unpaired) electrons. The molecule has 6 nitrogen and oxygen atoms in total. The summed E-state index contributed by atoms with van der Waals surface area (Å²) in [5, 5.41) is 24.5. The molecule has 3 aromatic rings. The minimum Gasteiger partial charge on any atom is -0.427 e. The first-order valence-electron chi connectivity index (χ1n) is 8.87. The van der Waals surface area contributed by atoms with Crippen LogP contribution in [-0.4, -0.2) is 35.7 Å². The highest BCUT2D eigenvalue weighted by Crippen LogP contribution is 2.36. The van der Waals surface area contributed by atoms with Crippen molar-refractivity contribution in [3.8, 4) is 28.0 Å². The minimum atomic E-state index is 0.458. The van der Waals surface area contributed by atoms with Crippen molar-refractivity contribution in [2.45, 2.75) is 38.6 Å². The van der Waals surface area contributed by atoms with E-state index in [2.05, 4.69) is 23.0 Å². The largest absolute Gasteiger partial charge is 0.427 e. The molecule has 0 aliphatic heterocycles. The molecular weight excluding hydrogens is 410 g/mol. The van der Waals surface area contributed by atoms with Gasteiger partial charge in [0.2, 0.25) is 0 Å². The second-order valence-corrected chi connectivity index (χ2v) is 9.44. The molecule has 0 saturated heterocycles. The second kappa shape index (κ2) is 9.45. The molecule has 1 N–H and O–H groups in total. The van der Waals surface area contributed by atoms with Crippen LogP contribution in [0, 0.1) is 25.2 Å². The molecule has 146 valence electrons. The number of thiazole rings is 1. The van der Waals surface area contributed by atoms with Gasteiger partial charge >= 0.3 is 0 Å². The Hall–Kier alpha value is -2.02. The maximum absolute atomic E-state index is 10.5. The van der Waals surface area contributed by atoms with E-state index in [1.54, 1.807) is 24.9 Å². The van der Waals surface area contributed by atoms with Crippen LogP contribution in [0.25, 0.3) is 22.0 Å². The van der Waals surface area contributed by atoms with Gasteiger partial charge in [0.15, 0.2) is 0 Å². The topological polar surface area (TPSA) is 87.6 Å². The lowest BCUT2D eigenvalue weighted by Gasteiger charge is -2.12. The van der Waals surface area contributed by atoms with Crippen LogP contribution in [-0.2, 0) is 0 Å². The van der Waals surface area contributed by atoms with Gasteiger partial charge in [-0.25, -0.2) is 15.0 Å². The summed E-state index contributed by atoms with van der Waals surface area (Å²) in [6.07, 6.45) is 4.08. The van der Waals surface area contributed by atoms with Crippen LogP contribution >= 0.6 is 34.9 Å². The predicted octanol–water partition coefficient (Wildman–Crippen LogP) is 5.38. The van der Waals surface area contributed by atoms with Crippen LogP contribution < -0.4 is 0 Å². The zero-order valence-electron chi connectivity index (χ0n) is 16.0. The first-order valence-corrected chi connectivity index (χ1v) is 11.9. The summed E-state index contributed by atoms with van der Waals surface area (Å²) < 4.78 is 1.04. The third-order valence-electron chi connectivity index (χ3n) is 4.12. The van der Waals surface area contributed by atoms with Gasteiger partial charge in [-0.3, -0.25) is 0 Å². The number of imidazole rings is 1. The average Bonchev–Trinajstić information content (AvgIpc) is 3.30. The van der Waals surface area contributed by atoms with Gasteiger partial charge in [-0.1, -0.05) is 25.1 Å². The number of rotatable bonds is 8. The Kier molecular flexibility index (Phi) is 6.99. The van der Waals surface area contributed by atoms with E-state index >= 15 is 0 Å². The van der Waals surface area contributed by atoms with Crippen molar-refractivity contribution in [1.82, 2.24) is 19.7 Å². The van der Waals surface area contributed by atoms with Crippen molar-refractivity contribution < 1.29 is 5.21 Å². The van der Waals surface area contributed by atoms with Crippen molar-refractivity contribution in [2.24, 2.45) is 0 Å². The Bertz CT molecular complexity index is 992. The first-order chi connectivity index (χ1) is 13.6. The highest BCUT2D eigenvalue weighted by atomic mass is 32.2. The summed E-state index contributed by atoms with van der Waals surface area (Å²) in [6.45, 7) is 5.73. The van der Waals surface area contributed by atoms with Gasteiger partial charge in [-0.05, 0) is 32.1 Å². The predicted molar refractivity (Wildman–Crippen MR) is 116 cm³/mol. The fourth-order valence-corrected chi connectivity index (χ4v) is 5.55. The molecule has 0 aromatic carbocycles. The first kappa shape index (κ1) is 20.7. The molecule has 28 heavy (non-hydrogen) atoms. The summed E-state index contributed by atoms with van der Waals surface area (Å²) in [5.41, 5.74) is 2.98. The van der Waals surface area contributed by atoms with Crippen molar-refractivity contribution in [2.75, 3.05) is 10.8 Å². The van der Waals surface area contributed by atoms with Crippen LogP contribution in [0.3, 0.4) is 0 Å². The number of thioether (sulfide) groups is 2. The Balaban J connectivity index is 2.08. The molecule has 0 saturated carbocycles. The van der Waals surface area contributed by atoms with E-state index in [1.807, 2.05) is 30.1 Å². The minimum absolute atomic E-state index is 0.458. The third kappa shape index (κ3) is 4.35. The molecule has 9 heteroatoms. The Morgan fingerprint density at radius 1 is 1.32 bits per heavy atom. The molecule has 0 amide bonds. The molecule has 0 fully saturated rings. The molecule has 0 spiro atoms. The SMILES string of the molecule is CCCCSCSc1nc(-c2nccs2)cc(-c2c(C)nc(C)n2O)c1C#N. The summed E-state index contributed by atoms with van der Waals surface area (Å²) in [5.74, 6) is 1.57. The van der Waals surface area contributed by atoms with E-state index in [4.69, 9.17) is 4.98 Å². The van der Waals surface area contributed by atoms with Crippen LogP contribution in [0.2, 0.25) is 0 Å². The number of unbranched alkanes of at least 4 members (excludes halogenated alkanes) is 1.